The number of nitrogens with zero attached hydrogens (tertiary/aromatic N) is 6. The molecule has 6 rings (SSSR count). The minimum atomic E-state index is -0.471. The molecular weight excluding hydrogens is 469 g/mol. The second kappa shape index (κ2) is 9.24. The van der Waals surface area contributed by atoms with Crippen molar-refractivity contribution in [2.75, 3.05) is 18.5 Å². The average Bonchev–Trinajstić information content (AvgIpc) is 3.50. The van der Waals surface area contributed by atoms with Crippen LogP contribution in [0.25, 0.3) is 27.9 Å². The molecule has 0 unspecified atom stereocenters. The maximum Gasteiger partial charge on any atom is 0.167 e. The SMILES string of the molecule is Fc1ccc2nc(CCNc3ncnc4c3ncn4[C@@H]3CCCCO3)n(-c3ccccc3)c2c1Cl. The summed E-state index contributed by atoms with van der Waals surface area (Å²) < 4.78 is 24.1. The molecule has 10 heteroatoms. The molecule has 0 bridgehead atoms. The molecule has 35 heavy (non-hydrogen) atoms. The molecule has 1 saturated heterocycles. The van der Waals surface area contributed by atoms with Crippen molar-refractivity contribution >= 4 is 39.6 Å². The summed E-state index contributed by atoms with van der Waals surface area (Å²) in [5.74, 6) is 0.940. The number of benzene rings is 2. The molecule has 8 nitrogen and oxygen atoms in total. The van der Waals surface area contributed by atoms with E-state index < -0.39 is 5.82 Å². The summed E-state index contributed by atoms with van der Waals surface area (Å²) in [4.78, 5) is 18.2. The van der Waals surface area contributed by atoms with Gasteiger partial charge in [0.25, 0.3) is 0 Å². The van der Waals surface area contributed by atoms with Gasteiger partial charge in [0.2, 0.25) is 0 Å². The van der Waals surface area contributed by atoms with Crippen molar-refractivity contribution in [3.63, 3.8) is 0 Å². The van der Waals surface area contributed by atoms with Gasteiger partial charge in [-0.05, 0) is 43.5 Å². The highest BCUT2D eigenvalue weighted by Gasteiger charge is 2.21. The van der Waals surface area contributed by atoms with Gasteiger partial charge in [-0.1, -0.05) is 29.8 Å². The highest BCUT2D eigenvalue weighted by molar-refractivity contribution is 6.35. The molecule has 0 radical (unpaired) electrons. The lowest BCUT2D eigenvalue weighted by molar-refractivity contribution is -0.0298. The predicted octanol–water partition coefficient (Wildman–Crippen LogP) is 5.31. The second-order valence-corrected chi connectivity index (χ2v) is 8.85. The summed E-state index contributed by atoms with van der Waals surface area (Å²) in [7, 11) is 0. The number of para-hydroxylation sites is 1. The zero-order valence-corrected chi connectivity index (χ0v) is 19.6. The van der Waals surface area contributed by atoms with Crippen molar-refractivity contribution in [1.29, 1.82) is 0 Å². The van der Waals surface area contributed by atoms with E-state index in [0.29, 0.717) is 35.3 Å². The third kappa shape index (κ3) is 4.00. The molecule has 0 amide bonds. The summed E-state index contributed by atoms with van der Waals surface area (Å²) >= 11 is 6.37. The Morgan fingerprint density at radius 2 is 1.97 bits per heavy atom. The van der Waals surface area contributed by atoms with Crippen LogP contribution < -0.4 is 5.32 Å². The second-order valence-electron chi connectivity index (χ2n) is 8.47. The van der Waals surface area contributed by atoms with E-state index in [0.717, 1.165) is 43.0 Å². The van der Waals surface area contributed by atoms with Gasteiger partial charge in [-0.3, -0.25) is 9.13 Å². The first kappa shape index (κ1) is 21.9. The van der Waals surface area contributed by atoms with Crippen LogP contribution in [0.4, 0.5) is 10.2 Å². The van der Waals surface area contributed by atoms with Crippen LogP contribution in [0, 0.1) is 5.82 Å². The zero-order chi connectivity index (χ0) is 23.8. The van der Waals surface area contributed by atoms with Gasteiger partial charge >= 0.3 is 0 Å². The Kier molecular flexibility index (Phi) is 5.79. The first-order valence-electron chi connectivity index (χ1n) is 11.6. The lowest BCUT2D eigenvalue weighted by Gasteiger charge is -2.23. The predicted molar refractivity (Wildman–Crippen MR) is 132 cm³/mol. The van der Waals surface area contributed by atoms with E-state index >= 15 is 0 Å². The zero-order valence-electron chi connectivity index (χ0n) is 18.9. The van der Waals surface area contributed by atoms with Crippen molar-refractivity contribution in [2.45, 2.75) is 31.9 Å². The lowest BCUT2D eigenvalue weighted by atomic mass is 10.2. The third-order valence-electron chi connectivity index (χ3n) is 6.26. The number of fused-ring (bicyclic) bond motifs is 2. The van der Waals surface area contributed by atoms with Crippen LogP contribution in [0.3, 0.4) is 0 Å². The van der Waals surface area contributed by atoms with Crippen LogP contribution in [-0.4, -0.2) is 42.2 Å². The first-order valence-corrected chi connectivity index (χ1v) is 12.0. The molecule has 0 aliphatic carbocycles. The van der Waals surface area contributed by atoms with Gasteiger partial charge in [0, 0.05) is 25.3 Å². The fourth-order valence-electron chi connectivity index (χ4n) is 4.60. The summed E-state index contributed by atoms with van der Waals surface area (Å²) in [5, 5.41) is 3.43. The van der Waals surface area contributed by atoms with E-state index in [-0.39, 0.29) is 11.3 Å². The van der Waals surface area contributed by atoms with Gasteiger partial charge in [0.15, 0.2) is 17.0 Å². The maximum absolute atomic E-state index is 14.3. The van der Waals surface area contributed by atoms with Crippen molar-refractivity contribution in [3.05, 3.63) is 71.8 Å². The molecule has 4 heterocycles. The van der Waals surface area contributed by atoms with E-state index in [1.807, 2.05) is 39.5 Å². The summed E-state index contributed by atoms with van der Waals surface area (Å²) in [6.07, 6.45) is 6.95. The molecule has 1 atom stereocenters. The Morgan fingerprint density at radius 3 is 2.80 bits per heavy atom. The van der Waals surface area contributed by atoms with Gasteiger partial charge in [-0.15, -0.1) is 0 Å². The molecule has 2 aromatic carbocycles. The van der Waals surface area contributed by atoms with Crippen LogP contribution in [0.1, 0.15) is 31.3 Å². The van der Waals surface area contributed by atoms with Crippen LogP contribution in [0.5, 0.6) is 0 Å². The summed E-state index contributed by atoms with van der Waals surface area (Å²) in [6, 6.07) is 12.7. The molecular formula is C25H23ClFN7O. The smallest absolute Gasteiger partial charge is 0.167 e. The summed E-state index contributed by atoms with van der Waals surface area (Å²) in [6.45, 7) is 1.28. The number of aromatic nitrogens is 6. The topological polar surface area (TPSA) is 82.7 Å². The standard InChI is InChI=1S/C25H23ClFN7O/c26-21-17(27)9-10-18-23(21)34(16-6-2-1-3-7-16)19(32-18)11-12-28-24-22-25(30-14-29-24)33(15-31-22)20-8-4-5-13-35-20/h1-3,6-7,9-10,14-15,20H,4-5,8,11-13H2,(H,28,29,30)/t20-/m0/s1. The normalized spacial score (nSPS) is 16.2. The number of hydrogen-bond acceptors (Lipinski definition) is 6. The number of ether oxygens (including phenoxy) is 1. The van der Waals surface area contributed by atoms with E-state index in [2.05, 4.69) is 20.3 Å². The first-order chi connectivity index (χ1) is 17.2. The van der Waals surface area contributed by atoms with E-state index in [1.165, 1.54) is 12.4 Å². The Balaban J connectivity index is 1.29. The van der Waals surface area contributed by atoms with Crippen LogP contribution in [0.15, 0.2) is 55.1 Å². The number of halogens is 2. The van der Waals surface area contributed by atoms with Crippen LogP contribution in [0.2, 0.25) is 5.02 Å². The molecule has 0 saturated carbocycles. The molecule has 0 spiro atoms. The molecule has 1 N–H and O–H groups in total. The Labute approximate surface area is 205 Å². The van der Waals surface area contributed by atoms with Crippen molar-refractivity contribution in [1.82, 2.24) is 29.1 Å². The number of imidazole rings is 2. The molecule has 1 aliphatic heterocycles. The van der Waals surface area contributed by atoms with Crippen molar-refractivity contribution in [2.24, 2.45) is 0 Å². The third-order valence-corrected chi connectivity index (χ3v) is 6.62. The maximum atomic E-state index is 14.3. The minimum absolute atomic E-state index is 0.0487. The van der Waals surface area contributed by atoms with Crippen LogP contribution >= 0.6 is 11.6 Å². The minimum Gasteiger partial charge on any atom is -0.368 e. The van der Waals surface area contributed by atoms with Gasteiger partial charge < -0.3 is 10.1 Å². The number of rotatable bonds is 6. The van der Waals surface area contributed by atoms with Crippen molar-refractivity contribution < 1.29 is 9.13 Å². The van der Waals surface area contributed by atoms with E-state index in [9.17, 15) is 4.39 Å². The molecule has 1 fully saturated rings. The molecule has 1 aliphatic rings. The Hall–Kier alpha value is -3.56. The van der Waals surface area contributed by atoms with Gasteiger partial charge in [0.1, 0.15) is 29.2 Å². The number of nitrogens with one attached hydrogen (secondary N) is 1. The number of hydrogen-bond donors (Lipinski definition) is 1. The largest absolute Gasteiger partial charge is 0.368 e. The van der Waals surface area contributed by atoms with Crippen molar-refractivity contribution in [3.8, 4) is 5.69 Å². The summed E-state index contributed by atoms with van der Waals surface area (Å²) in [5.41, 5.74) is 3.51. The Bertz CT molecular complexity index is 1490. The number of anilines is 1. The molecule has 178 valence electrons. The van der Waals surface area contributed by atoms with Gasteiger partial charge in [-0.25, -0.2) is 24.3 Å². The fraction of sp³-hybridized carbons (Fsp3) is 0.280. The van der Waals surface area contributed by atoms with E-state index in [4.69, 9.17) is 21.3 Å². The highest BCUT2D eigenvalue weighted by atomic mass is 35.5. The average molecular weight is 492 g/mol. The fourth-order valence-corrected chi connectivity index (χ4v) is 4.85. The molecule has 5 aromatic rings. The van der Waals surface area contributed by atoms with Crippen LogP contribution in [-0.2, 0) is 11.2 Å². The monoisotopic (exact) mass is 491 g/mol. The highest BCUT2D eigenvalue weighted by Crippen LogP contribution is 2.31. The quantitative estimate of drug-likeness (QED) is 0.346. The Morgan fingerprint density at radius 1 is 1.09 bits per heavy atom. The lowest BCUT2D eigenvalue weighted by Crippen LogP contribution is -2.17. The van der Waals surface area contributed by atoms with Gasteiger partial charge in [0.05, 0.1) is 17.4 Å². The molecule has 3 aromatic heterocycles. The van der Waals surface area contributed by atoms with E-state index in [1.54, 1.807) is 12.4 Å². The van der Waals surface area contributed by atoms with Gasteiger partial charge in [-0.2, -0.15) is 0 Å².